The second-order valence-corrected chi connectivity index (χ2v) is 14.1. The van der Waals surface area contributed by atoms with Gasteiger partial charge in [0, 0.05) is 6.42 Å². The summed E-state index contributed by atoms with van der Waals surface area (Å²) in [5, 5.41) is 0. The molecule has 0 N–H and O–H groups in total. The molecule has 0 amide bonds. The number of ether oxygens (including phenoxy) is 1. The molecule has 0 aromatic rings. The maximum Gasteiger partial charge on any atom is 0.306 e. The first-order chi connectivity index (χ1) is 23.1. The van der Waals surface area contributed by atoms with Crippen molar-refractivity contribution in [2.24, 2.45) is 0 Å². The Bertz CT molecular complexity index is 750. The van der Waals surface area contributed by atoms with Crippen LogP contribution in [0.15, 0.2) is 48.6 Å². The summed E-state index contributed by atoms with van der Waals surface area (Å²) in [7, 11) is 4.22. The van der Waals surface area contributed by atoms with E-state index in [0.29, 0.717) is 6.42 Å². The molecular weight excluding hydrogens is 574 g/mol. The van der Waals surface area contributed by atoms with E-state index in [1.54, 1.807) is 0 Å². The highest BCUT2D eigenvalue weighted by Crippen LogP contribution is 2.18. The van der Waals surface area contributed by atoms with Crippen LogP contribution in [0.2, 0.25) is 0 Å². The molecule has 3 nitrogen and oxygen atoms in total. The summed E-state index contributed by atoms with van der Waals surface area (Å²) in [6, 6.07) is 0. The summed E-state index contributed by atoms with van der Waals surface area (Å²) in [6.45, 7) is 5.62. The third-order valence-electron chi connectivity index (χ3n) is 8.99. The molecule has 0 heterocycles. The first-order valence-corrected chi connectivity index (χ1v) is 20.5. The number of carbonyl (C=O) groups excluding carboxylic acids is 1. The van der Waals surface area contributed by atoms with Crippen LogP contribution in [-0.4, -0.2) is 37.6 Å². The van der Waals surface area contributed by atoms with Crippen molar-refractivity contribution >= 4 is 5.97 Å². The van der Waals surface area contributed by atoms with Crippen molar-refractivity contribution in [1.29, 1.82) is 0 Å². The molecule has 0 aromatic heterocycles. The van der Waals surface area contributed by atoms with Crippen LogP contribution in [0.3, 0.4) is 0 Å². The third kappa shape index (κ3) is 38.7. The minimum absolute atomic E-state index is 0.0301. The zero-order chi connectivity index (χ0) is 34.3. The highest BCUT2D eigenvalue weighted by molar-refractivity contribution is 5.69. The lowest BCUT2D eigenvalue weighted by Gasteiger charge is -2.18. The Morgan fingerprint density at radius 1 is 0.489 bits per heavy atom. The highest BCUT2D eigenvalue weighted by atomic mass is 16.5. The Hall–Kier alpha value is -1.61. The molecule has 0 aliphatic rings. The van der Waals surface area contributed by atoms with Gasteiger partial charge < -0.3 is 9.64 Å². The maximum absolute atomic E-state index is 12.6. The fraction of sp³-hybridized carbons (Fsp3) is 0.795. The zero-order valence-electron chi connectivity index (χ0n) is 32.2. The van der Waals surface area contributed by atoms with Gasteiger partial charge in [0.05, 0.1) is 0 Å². The van der Waals surface area contributed by atoms with Gasteiger partial charge in [-0.05, 0) is 123 Å². The number of rotatable bonds is 36. The normalized spacial score (nSPS) is 13.0. The number of unbranched alkanes of at least 4 members (excludes halogenated alkanes) is 19. The van der Waals surface area contributed by atoms with Gasteiger partial charge in [-0.1, -0.05) is 140 Å². The van der Waals surface area contributed by atoms with Crippen molar-refractivity contribution in [3.63, 3.8) is 0 Å². The van der Waals surface area contributed by atoms with Gasteiger partial charge in [-0.15, -0.1) is 0 Å². The molecule has 0 fully saturated rings. The van der Waals surface area contributed by atoms with Crippen LogP contribution in [0.25, 0.3) is 0 Å². The molecule has 0 aliphatic carbocycles. The van der Waals surface area contributed by atoms with E-state index in [0.717, 1.165) is 51.5 Å². The summed E-state index contributed by atoms with van der Waals surface area (Å²) >= 11 is 0. The highest BCUT2D eigenvalue weighted by Gasteiger charge is 2.14. The van der Waals surface area contributed by atoms with Gasteiger partial charge in [0.15, 0.2) is 0 Å². The molecule has 0 saturated heterocycles. The van der Waals surface area contributed by atoms with E-state index in [9.17, 15) is 4.79 Å². The average Bonchev–Trinajstić information content (AvgIpc) is 3.05. The Morgan fingerprint density at radius 3 is 1.30 bits per heavy atom. The van der Waals surface area contributed by atoms with Crippen molar-refractivity contribution in [3.8, 4) is 0 Å². The number of carbonyl (C=O) groups is 1. The Kier molecular flexibility index (Phi) is 37.5. The Morgan fingerprint density at radius 2 is 0.872 bits per heavy atom. The van der Waals surface area contributed by atoms with Gasteiger partial charge in [0.1, 0.15) is 6.10 Å². The number of esters is 1. The predicted octanol–water partition coefficient (Wildman–Crippen LogP) is 14.0. The lowest BCUT2D eigenvalue weighted by Crippen LogP contribution is -2.18. The van der Waals surface area contributed by atoms with Crippen molar-refractivity contribution < 1.29 is 9.53 Å². The van der Waals surface area contributed by atoms with Gasteiger partial charge in [0.2, 0.25) is 0 Å². The molecule has 0 aliphatic heterocycles. The molecule has 0 radical (unpaired) electrons. The van der Waals surface area contributed by atoms with Crippen LogP contribution in [0.1, 0.15) is 200 Å². The molecule has 274 valence electrons. The maximum atomic E-state index is 12.6. The molecule has 0 spiro atoms. The van der Waals surface area contributed by atoms with Crippen molar-refractivity contribution in [2.75, 3.05) is 20.6 Å². The number of nitrogens with zero attached hydrogens (tertiary/aromatic N) is 1. The fourth-order valence-electron chi connectivity index (χ4n) is 5.92. The minimum Gasteiger partial charge on any atom is -0.462 e. The molecule has 0 bridgehead atoms. The SMILES string of the molecule is CCCCC/C=C\C/C=C\CCCCCCCCC(CCCCCCC/C=C\C/C=C\CCCCC)OC(=O)CCCCCN(C)C. The number of hydrogen-bond acceptors (Lipinski definition) is 3. The Labute approximate surface area is 295 Å². The average molecular weight is 656 g/mol. The van der Waals surface area contributed by atoms with Crippen molar-refractivity contribution in [1.82, 2.24) is 4.90 Å². The smallest absolute Gasteiger partial charge is 0.306 e. The number of allylic oxidation sites excluding steroid dienone is 8. The van der Waals surface area contributed by atoms with Gasteiger partial charge in [0.25, 0.3) is 0 Å². The van der Waals surface area contributed by atoms with Crippen molar-refractivity contribution in [2.45, 2.75) is 206 Å². The first kappa shape index (κ1) is 45.4. The lowest BCUT2D eigenvalue weighted by atomic mass is 10.0. The summed E-state index contributed by atoms with van der Waals surface area (Å²) in [6.07, 6.45) is 53.7. The van der Waals surface area contributed by atoms with E-state index in [-0.39, 0.29) is 12.1 Å². The first-order valence-electron chi connectivity index (χ1n) is 20.5. The minimum atomic E-state index is 0.0301. The summed E-state index contributed by atoms with van der Waals surface area (Å²) in [5.74, 6) is 0.0301. The molecule has 1 unspecified atom stereocenters. The molecule has 47 heavy (non-hydrogen) atoms. The second-order valence-electron chi connectivity index (χ2n) is 14.1. The molecule has 0 rings (SSSR count). The van der Waals surface area contributed by atoms with Gasteiger partial charge in [-0.2, -0.15) is 0 Å². The van der Waals surface area contributed by atoms with E-state index >= 15 is 0 Å². The van der Waals surface area contributed by atoms with Gasteiger partial charge in [-0.3, -0.25) is 4.79 Å². The van der Waals surface area contributed by atoms with E-state index in [1.807, 2.05) is 0 Å². The Balaban J connectivity index is 4.11. The van der Waals surface area contributed by atoms with Crippen LogP contribution < -0.4 is 0 Å². The molecule has 0 saturated carbocycles. The number of hydrogen-bond donors (Lipinski definition) is 0. The molecule has 1 atom stereocenters. The molecule has 0 aromatic carbocycles. The van der Waals surface area contributed by atoms with Crippen LogP contribution in [-0.2, 0) is 9.53 Å². The zero-order valence-corrected chi connectivity index (χ0v) is 32.2. The fourth-order valence-corrected chi connectivity index (χ4v) is 5.92. The standard InChI is InChI=1S/C44H81NO2/c1-5-7-9-11-13-15-17-19-21-23-25-27-29-31-33-36-40-43(47-44(46)41-37-34-38-42-45(3)4)39-35-32-30-28-26-24-22-20-18-16-14-12-10-8-6-2/h13-16,19-22,43H,5-12,17-18,23-42H2,1-4H3/b15-13-,16-14-,21-19-,22-20-. The lowest BCUT2D eigenvalue weighted by molar-refractivity contribution is -0.150. The largest absolute Gasteiger partial charge is 0.462 e. The van der Waals surface area contributed by atoms with E-state index in [2.05, 4.69) is 81.5 Å². The summed E-state index contributed by atoms with van der Waals surface area (Å²) < 4.78 is 6.05. The van der Waals surface area contributed by atoms with Gasteiger partial charge >= 0.3 is 5.97 Å². The predicted molar refractivity (Wildman–Crippen MR) is 210 cm³/mol. The van der Waals surface area contributed by atoms with Crippen molar-refractivity contribution in [3.05, 3.63) is 48.6 Å². The van der Waals surface area contributed by atoms with Gasteiger partial charge in [-0.25, -0.2) is 0 Å². The molecule has 3 heteroatoms. The van der Waals surface area contributed by atoms with E-state index < -0.39 is 0 Å². The quantitative estimate of drug-likeness (QED) is 0.0382. The van der Waals surface area contributed by atoms with Crippen LogP contribution >= 0.6 is 0 Å². The third-order valence-corrected chi connectivity index (χ3v) is 8.99. The monoisotopic (exact) mass is 656 g/mol. The topological polar surface area (TPSA) is 29.5 Å². The van der Waals surface area contributed by atoms with E-state index in [1.165, 1.54) is 135 Å². The summed E-state index contributed by atoms with van der Waals surface area (Å²) in [4.78, 5) is 14.8. The molecular formula is C44H81NO2. The van der Waals surface area contributed by atoms with E-state index in [4.69, 9.17) is 4.74 Å². The second kappa shape index (κ2) is 38.8. The van der Waals surface area contributed by atoms with Crippen LogP contribution in [0, 0.1) is 0 Å². The van der Waals surface area contributed by atoms with Crippen LogP contribution in [0.5, 0.6) is 0 Å². The summed E-state index contributed by atoms with van der Waals surface area (Å²) in [5.41, 5.74) is 0. The van der Waals surface area contributed by atoms with Crippen LogP contribution in [0.4, 0.5) is 0 Å².